The van der Waals surface area contributed by atoms with Gasteiger partial charge in [-0.3, -0.25) is 9.59 Å². The maximum absolute atomic E-state index is 11.9. The largest absolute Gasteiger partial charge is 0.467 e. The Balaban J connectivity index is 2.53. The summed E-state index contributed by atoms with van der Waals surface area (Å²) < 4.78 is 4.68. The maximum Gasteiger partial charge on any atom is 0.329 e. The van der Waals surface area contributed by atoms with Crippen molar-refractivity contribution in [2.45, 2.75) is 24.3 Å². The van der Waals surface area contributed by atoms with Gasteiger partial charge in [-0.2, -0.15) is 11.8 Å². The molecular formula is C15H21N3O4S. The lowest BCUT2D eigenvalue weighted by molar-refractivity contribution is -0.144. The molecule has 0 saturated carbocycles. The Morgan fingerprint density at radius 3 is 2.48 bits per heavy atom. The van der Waals surface area contributed by atoms with Gasteiger partial charge in [0.05, 0.1) is 19.6 Å². The summed E-state index contributed by atoms with van der Waals surface area (Å²) >= 11 is 1.48. The molecule has 0 aliphatic carbocycles. The summed E-state index contributed by atoms with van der Waals surface area (Å²) in [5.74, 6) is -0.834. The van der Waals surface area contributed by atoms with Crippen LogP contribution in [-0.2, 0) is 24.9 Å². The van der Waals surface area contributed by atoms with Crippen LogP contribution < -0.4 is 16.8 Å². The number of primary amides is 1. The van der Waals surface area contributed by atoms with Gasteiger partial charge in [-0.15, -0.1) is 0 Å². The number of rotatable bonds is 9. The van der Waals surface area contributed by atoms with Crippen molar-refractivity contribution in [3.05, 3.63) is 35.9 Å². The second kappa shape index (κ2) is 9.86. The molecule has 1 rings (SSSR count). The SMILES string of the molecule is COC(=O)[C@H](CSCc1ccccc1)NC(=O)[C@@H](N)CC(N)=O. The fourth-order valence-electron chi connectivity index (χ4n) is 1.77. The number of hydrogen-bond acceptors (Lipinski definition) is 6. The van der Waals surface area contributed by atoms with Crippen LogP contribution in [0.15, 0.2) is 30.3 Å². The Morgan fingerprint density at radius 1 is 1.26 bits per heavy atom. The first-order chi connectivity index (χ1) is 10.9. The van der Waals surface area contributed by atoms with Gasteiger partial charge < -0.3 is 21.5 Å². The molecule has 0 fully saturated rings. The minimum Gasteiger partial charge on any atom is -0.467 e. The van der Waals surface area contributed by atoms with Gasteiger partial charge in [-0.25, -0.2) is 4.79 Å². The summed E-state index contributed by atoms with van der Waals surface area (Å²) in [6.07, 6.45) is -0.281. The Bertz CT molecular complexity index is 539. The summed E-state index contributed by atoms with van der Waals surface area (Å²) in [7, 11) is 1.24. The number of ether oxygens (including phenoxy) is 1. The molecule has 0 bridgehead atoms. The summed E-state index contributed by atoms with van der Waals surface area (Å²) in [6.45, 7) is 0. The number of methoxy groups -OCH3 is 1. The summed E-state index contributed by atoms with van der Waals surface area (Å²) in [6, 6.07) is 7.81. The van der Waals surface area contributed by atoms with Crippen LogP contribution in [0, 0.1) is 0 Å². The van der Waals surface area contributed by atoms with Gasteiger partial charge in [0.25, 0.3) is 0 Å². The van der Waals surface area contributed by atoms with Gasteiger partial charge in [0.1, 0.15) is 6.04 Å². The van der Waals surface area contributed by atoms with Crippen LogP contribution in [0.2, 0.25) is 0 Å². The molecule has 0 unspecified atom stereocenters. The van der Waals surface area contributed by atoms with Gasteiger partial charge in [0.2, 0.25) is 11.8 Å². The van der Waals surface area contributed by atoms with E-state index in [1.54, 1.807) is 0 Å². The third kappa shape index (κ3) is 7.16. The Hall–Kier alpha value is -2.06. The zero-order chi connectivity index (χ0) is 17.2. The van der Waals surface area contributed by atoms with Crippen molar-refractivity contribution < 1.29 is 19.1 Å². The molecule has 0 radical (unpaired) electrons. The molecule has 1 aromatic carbocycles. The molecule has 1 aromatic rings. The highest BCUT2D eigenvalue weighted by molar-refractivity contribution is 7.98. The average Bonchev–Trinajstić information content (AvgIpc) is 2.53. The highest BCUT2D eigenvalue weighted by Gasteiger charge is 2.25. The highest BCUT2D eigenvalue weighted by Crippen LogP contribution is 2.13. The van der Waals surface area contributed by atoms with E-state index in [9.17, 15) is 14.4 Å². The molecule has 2 amide bonds. The van der Waals surface area contributed by atoms with Crippen LogP contribution >= 0.6 is 11.8 Å². The van der Waals surface area contributed by atoms with Crippen molar-refractivity contribution in [3.63, 3.8) is 0 Å². The number of benzene rings is 1. The number of carbonyl (C=O) groups excluding carboxylic acids is 3. The zero-order valence-electron chi connectivity index (χ0n) is 12.9. The Kier molecular flexibility index (Phi) is 8.14. The number of esters is 1. The van der Waals surface area contributed by atoms with E-state index in [0.717, 1.165) is 5.56 Å². The van der Waals surface area contributed by atoms with Crippen molar-refractivity contribution in [2.24, 2.45) is 11.5 Å². The summed E-state index contributed by atoms with van der Waals surface area (Å²) in [5.41, 5.74) is 11.7. The van der Waals surface area contributed by atoms with E-state index in [1.165, 1.54) is 18.9 Å². The lowest BCUT2D eigenvalue weighted by Gasteiger charge is -2.18. The first-order valence-electron chi connectivity index (χ1n) is 6.97. The number of amides is 2. The third-order valence-electron chi connectivity index (χ3n) is 2.96. The molecule has 0 aliphatic rings. The van der Waals surface area contributed by atoms with Crippen molar-refractivity contribution in [1.82, 2.24) is 5.32 Å². The molecule has 0 aromatic heterocycles. The summed E-state index contributed by atoms with van der Waals surface area (Å²) in [4.78, 5) is 34.4. The second-order valence-corrected chi connectivity index (χ2v) is 5.89. The molecule has 0 saturated heterocycles. The molecule has 23 heavy (non-hydrogen) atoms. The smallest absolute Gasteiger partial charge is 0.329 e. The predicted molar refractivity (Wildman–Crippen MR) is 88.3 cm³/mol. The number of nitrogens with two attached hydrogens (primary N) is 2. The van der Waals surface area contributed by atoms with Gasteiger partial charge in [-0.05, 0) is 5.56 Å². The molecule has 2 atom stereocenters. The quantitative estimate of drug-likeness (QED) is 0.534. The van der Waals surface area contributed by atoms with Gasteiger partial charge in [0, 0.05) is 11.5 Å². The third-order valence-corrected chi connectivity index (χ3v) is 4.06. The molecular weight excluding hydrogens is 318 g/mol. The fraction of sp³-hybridized carbons (Fsp3) is 0.400. The second-order valence-electron chi connectivity index (χ2n) is 4.86. The van der Waals surface area contributed by atoms with E-state index < -0.39 is 29.9 Å². The van der Waals surface area contributed by atoms with Crippen LogP contribution in [0.5, 0.6) is 0 Å². The fourth-order valence-corrected chi connectivity index (χ4v) is 2.77. The average molecular weight is 339 g/mol. The molecule has 8 heteroatoms. The Morgan fingerprint density at radius 2 is 1.91 bits per heavy atom. The topological polar surface area (TPSA) is 125 Å². The number of hydrogen-bond donors (Lipinski definition) is 3. The van der Waals surface area contributed by atoms with E-state index in [0.29, 0.717) is 11.5 Å². The number of nitrogens with one attached hydrogen (secondary N) is 1. The van der Waals surface area contributed by atoms with Crippen LogP contribution in [0.3, 0.4) is 0 Å². The van der Waals surface area contributed by atoms with Gasteiger partial charge in [0.15, 0.2) is 0 Å². The van der Waals surface area contributed by atoms with Crippen molar-refractivity contribution >= 4 is 29.5 Å². The molecule has 0 spiro atoms. The highest BCUT2D eigenvalue weighted by atomic mass is 32.2. The predicted octanol–water partition coefficient (Wildman–Crippen LogP) is -0.220. The number of thioether (sulfide) groups is 1. The number of carbonyl (C=O) groups is 3. The lowest BCUT2D eigenvalue weighted by atomic mass is 10.2. The molecule has 126 valence electrons. The van der Waals surface area contributed by atoms with E-state index in [1.807, 2.05) is 30.3 Å². The van der Waals surface area contributed by atoms with Crippen molar-refractivity contribution in [2.75, 3.05) is 12.9 Å². The normalized spacial score (nSPS) is 13.0. The lowest BCUT2D eigenvalue weighted by Crippen LogP contribution is -2.50. The molecule has 0 heterocycles. The van der Waals surface area contributed by atoms with E-state index in [2.05, 4.69) is 10.1 Å². The molecule has 0 aliphatic heterocycles. The minimum absolute atomic E-state index is 0.281. The summed E-state index contributed by atoms with van der Waals surface area (Å²) in [5, 5.41) is 2.49. The monoisotopic (exact) mass is 339 g/mol. The van der Waals surface area contributed by atoms with Crippen molar-refractivity contribution in [1.29, 1.82) is 0 Å². The van der Waals surface area contributed by atoms with Crippen LogP contribution in [0.4, 0.5) is 0 Å². The van der Waals surface area contributed by atoms with E-state index in [4.69, 9.17) is 11.5 Å². The molecule has 5 N–H and O–H groups in total. The van der Waals surface area contributed by atoms with E-state index in [-0.39, 0.29) is 6.42 Å². The minimum atomic E-state index is -1.08. The van der Waals surface area contributed by atoms with Crippen LogP contribution in [0.1, 0.15) is 12.0 Å². The first kappa shape index (κ1) is 19.0. The zero-order valence-corrected chi connectivity index (χ0v) is 13.7. The standard InChI is InChI=1S/C15H21N3O4S/c1-22-15(21)12(18-14(20)11(16)7-13(17)19)9-23-8-10-5-3-2-4-6-10/h2-6,11-12H,7-9,16H2,1H3,(H2,17,19)(H,18,20)/t11-,12-/m0/s1. The molecule has 7 nitrogen and oxygen atoms in total. The first-order valence-corrected chi connectivity index (χ1v) is 8.13. The van der Waals surface area contributed by atoms with E-state index >= 15 is 0 Å². The van der Waals surface area contributed by atoms with Gasteiger partial charge >= 0.3 is 5.97 Å². The van der Waals surface area contributed by atoms with Gasteiger partial charge in [-0.1, -0.05) is 30.3 Å². The van der Waals surface area contributed by atoms with Crippen LogP contribution in [-0.4, -0.2) is 42.7 Å². The maximum atomic E-state index is 11.9. The van der Waals surface area contributed by atoms with Crippen molar-refractivity contribution in [3.8, 4) is 0 Å². The van der Waals surface area contributed by atoms with Crippen LogP contribution in [0.25, 0.3) is 0 Å². The Labute approximate surface area is 139 Å².